The molecular formula is C18H18FNO5. The zero-order valence-electron chi connectivity index (χ0n) is 13.4. The molecule has 1 amide bonds. The molecule has 2 N–H and O–H groups in total. The molecule has 0 bridgehead atoms. The van der Waals surface area contributed by atoms with Crippen molar-refractivity contribution in [1.82, 2.24) is 5.32 Å². The number of ether oxygens (including phenoxy) is 2. The van der Waals surface area contributed by atoms with Gasteiger partial charge in [-0.2, -0.15) is 0 Å². The van der Waals surface area contributed by atoms with Crippen LogP contribution in [0.1, 0.15) is 11.1 Å². The van der Waals surface area contributed by atoms with Gasteiger partial charge in [0.2, 0.25) is 0 Å². The lowest BCUT2D eigenvalue weighted by atomic mass is 10.1. The summed E-state index contributed by atoms with van der Waals surface area (Å²) in [4.78, 5) is 22.1. The monoisotopic (exact) mass is 347 g/mol. The molecule has 0 saturated heterocycles. The Morgan fingerprint density at radius 2 is 1.88 bits per heavy atom. The Labute approximate surface area is 144 Å². The Hall–Kier alpha value is -3.09. The van der Waals surface area contributed by atoms with Gasteiger partial charge < -0.3 is 19.9 Å². The highest BCUT2D eigenvalue weighted by Crippen LogP contribution is 2.17. The Bertz CT molecular complexity index is 721. The summed E-state index contributed by atoms with van der Waals surface area (Å²) in [6.07, 6.45) is -0.962. The third kappa shape index (κ3) is 6.50. The fourth-order valence-electron chi connectivity index (χ4n) is 2.02. The number of carboxylic acid groups (broad SMARTS) is 1. The van der Waals surface area contributed by atoms with E-state index < -0.39 is 17.9 Å². The Kier molecular flexibility index (Phi) is 6.76. The van der Waals surface area contributed by atoms with E-state index in [0.717, 1.165) is 11.6 Å². The number of amides is 1. The van der Waals surface area contributed by atoms with Gasteiger partial charge in [-0.25, -0.2) is 9.18 Å². The topological polar surface area (TPSA) is 84.9 Å². The molecule has 0 spiro atoms. The summed E-state index contributed by atoms with van der Waals surface area (Å²) in [5, 5.41) is 11.2. The summed E-state index contributed by atoms with van der Waals surface area (Å²) in [7, 11) is 0. The first-order valence-corrected chi connectivity index (χ1v) is 7.62. The number of benzene rings is 2. The second-order valence-electron chi connectivity index (χ2n) is 5.16. The van der Waals surface area contributed by atoms with E-state index in [1.165, 1.54) is 12.1 Å². The molecule has 0 fully saturated rings. The predicted molar refractivity (Wildman–Crippen MR) is 87.9 cm³/mol. The van der Waals surface area contributed by atoms with E-state index in [-0.39, 0.29) is 37.5 Å². The van der Waals surface area contributed by atoms with Crippen LogP contribution >= 0.6 is 0 Å². The van der Waals surface area contributed by atoms with Crippen LogP contribution in [0.4, 0.5) is 9.18 Å². The Morgan fingerprint density at radius 3 is 2.56 bits per heavy atom. The summed E-state index contributed by atoms with van der Waals surface area (Å²) >= 11 is 0. The molecule has 0 saturated carbocycles. The molecule has 0 aliphatic rings. The SMILES string of the molecule is O=C(O)Cc1ccc(OCCNC(=O)OCc2ccccc2)cc1F. The molecule has 2 aromatic carbocycles. The maximum absolute atomic E-state index is 13.7. The molecule has 0 radical (unpaired) electrons. The van der Waals surface area contributed by atoms with Crippen LogP contribution in [0.15, 0.2) is 48.5 Å². The number of alkyl carbamates (subject to hydrolysis) is 1. The maximum Gasteiger partial charge on any atom is 0.407 e. The van der Waals surface area contributed by atoms with Crippen LogP contribution in [0.5, 0.6) is 5.75 Å². The molecule has 25 heavy (non-hydrogen) atoms. The highest BCUT2D eigenvalue weighted by molar-refractivity contribution is 5.70. The molecule has 0 heterocycles. The highest BCUT2D eigenvalue weighted by atomic mass is 19.1. The van der Waals surface area contributed by atoms with Crippen LogP contribution in [-0.4, -0.2) is 30.3 Å². The molecule has 2 rings (SSSR count). The van der Waals surface area contributed by atoms with Crippen molar-refractivity contribution in [3.05, 3.63) is 65.5 Å². The average molecular weight is 347 g/mol. The van der Waals surface area contributed by atoms with Crippen molar-refractivity contribution in [3.63, 3.8) is 0 Å². The lowest BCUT2D eigenvalue weighted by Gasteiger charge is -2.09. The molecule has 0 aliphatic carbocycles. The van der Waals surface area contributed by atoms with Crippen molar-refractivity contribution >= 4 is 12.1 Å². The van der Waals surface area contributed by atoms with E-state index in [2.05, 4.69) is 5.32 Å². The van der Waals surface area contributed by atoms with E-state index >= 15 is 0 Å². The second kappa shape index (κ2) is 9.27. The van der Waals surface area contributed by atoms with Crippen LogP contribution in [0.2, 0.25) is 0 Å². The smallest absolute Gasteiger partial charge is 0.407 e. The van der Waals surface area contributed by atoms with Gasteiger partial charge in [0, 0.05) is 6.07 Å². The standard InChI is InChI=1S/C18H18FNO5/c19-16-11-15(7-6-14(16)10-17(21)22)24-9-8-20-18(23)25-12-13-4-2-1-3-5-13/h1-7,11H,8-10,12H2,(H,20,23)(H,21,22). The molecular weight excluding hydrogens is 329 g/mol. The van der Waals surface area contributed by atoms with Gasteiger partial charge in [0.25, 0.3) is 0 Å². The Balaban J connectivity index is 1.67. The molecule has 132 valence electrons. The molecule has 0 unspecified atom stereocenters. The first-order valence-electron chi connectivity index (χ1n) is 7.62. The van der Waals surface area contributed by atoms with E-state index in [4.69, 9.17) is 14.6 Å². The number of nitrogens with one attached hydrogen (secondary N) is 1. The highest BCUT2D eigenvalue weighted by Gasteiger charge is 2.08. The van der Waals surface area contributed by atoms with Gasteiger partial charge in [-0.3, -0.25) is 4.79 Å². The van der Waals surface area contributed by atoms with E-state index in [1.54, 1.807) is 0 Å². The summed E-state index contributed by atoms with van der Waals surface area (Å²) in [6, 6.07) is 13.2. The van der Waals surface area contributed by atoms with Gasteiger partial charge in [-0.05, 0) is 17.2 Å². The second-order valence-corrected chi connectivity index (χ2v) is 5.16. The minimum Gasteiger partial charge on any atom is -0.492 e. The summed E-state index contributed by atoms with van der Waals surface area (Å²) in [5.74, 6) is -1.49. The minimum absolute atomic E-state index is 0.0856. The summed E-state index contributed by atoms with van der Waals surface area (Å²) < 4.78 is 24.0. The van der Waals surface area contributed by atoms with Crippen LogP contribution in [-0.2, 0) is 22.6 Å². The van der Waals surface area contributed by atoms with Gasteiger partial charge in [-0.15, -0.1) is 0 Å². The van der Waals surface area contributed by atoms with Gasteiger partial charge >= 0.3 is 12.1 Å². The molecule has 0 aromatic heterocycles. The first-order chi connectivity index (χ1) is 12.0. The normalized spacial score (nSPS) is 10.1. The lowest BCUT2D eigenvalue weighted by Crippen LogP contribution is -2.28. The number of carbonyl (C=O) groups excluding carboxylic acids is 1. The summed E-state index contributed by atoms with van der Waals surface area (Å²) in [5.41, 5.74) is 0.966. The molecule has 0 aliphatic heterocycles. The fraction of sp³-hybridized carbons (Fsp3) is 0.222. The van der Waals surface area contributed by atoms with Crippen LogP contribution < -0.4 is 10.1 Å². The maximum atomic E-state index is 13.7. The summed E-state index contributed by atoms with van der Waals surface area (Å²) in [6.45, 7) is 0.480. The molecule has 0 atom stereocenters. The van der Waals surface area contributed by atoms with Gasteiger partial charge in [0.05, 0.1) is 13.0 Å². The average Bonchev–Trinajstić information content (AvgIpc) is 2.60. The van der Waals surface area contributed by atoms with Crippen LogP contribution in [0.3, 0.4) is 0 Å². The van der Waals surface area contributed by atoms with Crippen molar-refractivity contribution in [2.75, 3.05) is 13.2 Å². The predicted octanol–water partition coefficient (Wildman–Crippen LogP) is 2.76. The zero-order valence-corrected chi connectivity index (χ0v) is 13.4. The molecule has 6 nitrogen and oxygen atoms in total. The van der Waals surface area contributed by atoms with E-state index in [9.17, 15) is 14.0 Å². The van der Waals surface area contributed by atoms with Gasteiger partial charge in [0.15, 0.2) is 0 Å². The van der Waals surface area contributed by atoms with Crippen molar-refractivity contribution in [3.8, 4) is 5.75 Å². The molecule has 2 aromatic rings. The third-order valence-electron chi connectivity index (χ3n) is 3.22. The molecule has 7 heteroatoms. The van der Waals surface area contributed by atoms with Crippen molar-refractivity contribution in [2.45, 2.75) is 13.0 Å². The number of carbonyl (C=O) groups is 2. The van der Waals surface area contributed by atoms with Gasteiger partial charge in [0.1, 0.15) is 24.8 Å². The van der Waals surface area contributed by atoms with Crippen molar-refractivity contribution in [2.24, 2.45) is 0 Å². The Morgan fingerprint density at radius 1 is 1.12 bits per heavy atom. The van der Waals surface area contributed by atoms with Crippen LogP contribution in [0.25, 0.3) is 0 Å². The first kappa shape index (κ1) is 18.3. The van der Waals surface area contributed by atoms with E-state index in [1.807, 2.05) is 30.3 Å². The number of rotatable bonds is 8. The zero-order chi connectivity index (χ0) is 18.1. The number of carboxylic acids is 1. The van der Waals surface area contributed by atoms with E-state index in [0.29, 0.717) is 0 Å². The largest absolute Gasteiger partial charge is 0.492 e. The minimum atomic E-state index is -1.11. The quantitative estimate of drug-likeness (QED) is 0.717. The number of hydrogen-bond donors (Lipinski definition) is 2. The number of hydrogen-bond acceptors (Lipinski definition) is 4. The van der Waals surface area contributed by atoms with Gasteiger partial charge in [-0.1, -0.05) is 36.4 Å². The number of halogens is 1. The fourth-order valence-corrected chi connectivity index (χ4v) is 2.02. The number of aliphatic carboxylic acids is 1. The lowest BCUT2D eigenvalue weighted by molar-refractivity contribution is -0.136. The van der Waals surface area contributed by atoms with Crippen LogP contribution in [0, 0.1) is 5.82 Å². The third-order valence-corrected chi connectivity index (χ3v) is 3.22. The van der Waals surface area contributed by atoms with Crippen molar-refractivity contribution < 1.29 is 28.6 Å². The van der Waals surface area contributed by atoms with Crippen molar-refractivity contribution in [1.29, 1.82) is 0 Å².